The van der Waals surface area contributed by atoms with Crippen molar-refractivity contribution in [3.05, 3.63) is 29.8 Å². The first-order chi connectivity index (χ1) is 8.05. The third-order valence-corrected chi connectivity index (χ3v) is 3.23. The standard InChI is InChI=1S/C15H22O2/c1-15(2,3)13-4-6-14(7-5-13)17-11-12-8-9-16-10-12/h4-7,12H,8-11H2,1-3H3. The molecule has 1 aromatic carbocycles. The third kappa shape index (κ3) is 3.47. The Hall–Kier alpha value is -1.02. The minimum atomic E-state index is 0.206. The largest absolute Gasteiger partial charge is 0.493 e. The number of hydrogen-bond donors (Lipinski definition) is 0. The van der Waals surface area contributed by atoms with Crippen LogP contribution in [0.2, 0.25) is 0 Å². The summed E-state index contributed by atoms with van der Waals surface area (Å²) in [5.74, 6) is 1.53. The second-order valence-corrected chi connectivity index (χ2v) is 5.81. The lowest BCUT2D eigenvalue weighted by molar-refractivity contribution is 0.167. The number of hydrogen-bond acceptors (Lipinski definition) is 2. The zero-order valence-electron chi connectivity index (χ0n) is 11.0. The van der Waals surface area contributed by atoms with Crippen LogP contribution in [0.3, 0.4) is 0 Å². The normalized spacial score (nSPS) is 20.5. The highest BCUT2D eigenvalue weighted by Gasteiger charge is 2.16. The van der Waals surface area contributed by atoms with Gasteiger partial charge in [-0.05, 0) is 29.5 Å². The van der Waals surface area contributed by atoms with E-state index < -0.39 is 0 Å². The number of rotatable bonds is 3. The van der Waals surface area contributed by atoms with Gasteiger partial charge in [0.25, 0.3) is 0 Å². The molecule has 17 heavy (non-hydrogen) atoms. The van der Waals surface area contributed by atoms with Gasteiger partial charge in [0.1, 0.15) is 5.75 Å². The van der Waals surface area contributed by atoms with E-state index in [1.165, 1.54) is 5.56 Å². The lowest BCUT2D eigenvalue weighted by Crippen LogP contribution is -2.12. The van der Waals surface area contributed by atoms with Gasteiger partial charge in [-0.2, -0.15) is 0 Å². The smallest absolute Gasteiger partial charge is 0.119 e. The van der Waals surface area contributed by atoms with Crippen molar-refractivity contribution in [1.82, 2.24) is 0 Å². The highest BCUT2D eigenvalue weighted by Crippen LogP contribution is 2.24. The molecule has 2 nitrogen and oxygen atoms in total. The molecule has 1 fully saturated rings. The minimum absolute atomic E-state index is 0.206. The molecule has 1 aliphatic heterocycles. The Kier molecular flexibility index (Phi) is 3.72. The quantitative estimate of drug-likeness (QED) is 0.798. The van der Waals surface area contributed by atoms with Gasteiger partial charge in [-0.1, -0.05) is 32.9 Å². The minimum Gasteiger partial charge on any atom is -0.493 e. The van der Waals surface area contributed by atoms with Crippen LogP contribution in [0.5, 0.6) is 5.75 Å². The van der Waals surface area contributed by atoms with Crippen molar-refractivity contribution in [2.45, 2.75) is 32.6 Å². The molecule has 1 unspecified atom stereocenters. The Balaban J connectivity index is 1.89. The average Bonchev–Trinajstić information content (AvgIpc) is 2.78. The highest BCUT2D eigenvalue weighted by atomic mass is 16.5. The van der Waals surface area contributed by atoms with Crippen molar-refractivity contribution < 1.29 is 9.47 Å². The molecule has 0 aliphatic carbocycles. The molecule has 0 spiro atoms. The maximum Gasteiger partial charge on any atom is 0.119 e. The van der Waals surface area contributed by atoms with Crippen molar-refractivity contribution >= 4 is 0 Å². The molecular weight excluding hydrogens is 212 g/mol. The number of ether oxygens (including phenoxy) is 2. The second kappa shape index (κ2) is 5.09. The van der Waals surface area contributed by atoms with Gasteiger partial charge in [-0.3, -0.25) is 0 Å². The predicted molar refractivity (Wildman–Crippen MR) is 69.6 cm³/mol. The molecule has 2 heteroatoms. The molecule has 94 valence electrons. The topological polar surface area (TPSA) is 18.5 Å². The van der Waals surface area contributed by atoms with E-state index in [1.54, 1.807) is 0 Å². The van der Waals surface area contributed by atoms with E-state index >= 15 is 0 Å². The Morgan fingerprint density at radius 3 is 2.47 bits per heavy atom. The summed E-state index contributed by atoms with van der Waals surface area (Å²) >= 11 is 0. The lowest BCUT2D eigenvalue weighted by Gasteiger charge is -2.19. The summed E-state index contributed by atoms with van der Waals surface area (Å²) in [6.45, 7) is 9.17. The first kappa shape index (κ1) is 12.4. The molecule has 0 amide bonds. The van der Waals surface area contributed by atoms with Crippen LogP contribution in [-0.4, -0.2) is 19.8 Å². The van der Waals surface area contributed by atoms with Crippen molar-refractivity contribution in [2.24, 2.45) is 5.92 Å². The fourth-order valence-corrected chi connectivity index (χ4v) is 1.98. The molecule has 0 aromatic heterocycles. The first-order valence-corrected chi connectivity index (χ1v) is 6.37. The van der Waals surface area contributed by atoms with Crippen LogP contribution in [0.25, 0.3) is 0 Å². The second-order valence-electron chi connectivity index (χ2n) is 5.81. The van der Waals surface area contributed by atoms with E-state index in [1.807, 2.05) is 0 Å². The predicted octanol–water partition coefficient (Wildman–Crippen LogP) is 3.40. The van der Waals surface area contributed by atoms with Gasteiger partial charge in [0.05, 0.1) is 13.2 Å². The van der Waals surface area contributed by atoms with Crippen molar-refractivity contribution in [1.29, 1.82) is 0 Å². The van der Waals surface area contributed by atoms with Gasteiger partial charge >= 0.3 is 0 Å². The summed E-state index contributed by atoms with van der Waals surface area (Å²) in [5.41, 5.74) is 1.55. The maximum absolute atomic E-state index is 5.78. The average molecular weight is 234 g/mol. The fraction of sp³-hybridized carbons (Fsp3) is 0.600. The zero-order valence-corrected chi connectivity index (χ0v) is 11.0. The highest BCUT2D eigenvalue weighted by molar-refractivity contribution is 5.31. The molecule has 1 heterocycles. The van der Waals surface area contributed by atoms with Crippen molar-refractivity contribution in [3.8, 4) is 5.75 Å². The Morgan fingerprint density at radius 1 is 1.24 bits per heavy atom. The fourth-order valence-electron chi connectivity index (χ4n) is 1.98. The van der Waals surface area contributed by atoms with E-state index in [9.17, 15) is 0 Å². The first-order valence-electron chi connectivity index (χ1n) is 6.37. The number of benzene rings is 1. The van der Waals surface area contributed by atoms with Crippen LogP contribution < -0.4 is 4.74 Å². The lowest BCUT2D eigenvalue weighted by atomic mass is 9.87. The summed E-state index contributed by atoms with van der Waals surface area (Å²) < 4.78 is 11.1. The molecular formula is C15H22O2. The van der Waals surface area contributed by atoms with E-state index in [0.717, 1.165) is 32.0 Å². The molecule has 0 bridgehead atoms. The van der Waals surface area contributed by atoms with E-state index in [-0.39, 0.29) is 5.41 Å². The molecule has 1 aromatic rings. The van der Waals surface area contributed by atoms with Crippen LogP contribution in [-0.2, 0) is 10.2 Å². The summed E-state index contributed by atoms with van der Waals surface area (Å²) in [7, 11) is 0. The van der Waals surface area contributed by atoms with Crippen LogP contribution in [0.15, 0.2) is 24.3 Å². The van der Waals surface area contributed by atoms with E-state index in [4.69, 9.17) is 9.47 Å². The van der Waals surface area contributed by atoms with Crippen molar-refractivity contribution in [2.75, 3.05) is 19.8 Å². The summed E-state index contributed by atoms with van der Waals surface area (Å²) in [6.07, 6.45) is 1.13. The van der Waals surface area contributed by atoms with Gasteiger partial charge in [0.15, 0.2) is 0 Å². The molecule has 0 N–H and O–H groups in total. The van der Waals surface area contributed by atoms with Gasteiger partial charge in [-0.15, -0.1) is 0 Å². The molecule has 1 atom stereocenters. The molecule has 2 rings (SSSR count). The van der Waals surface area contributed by atoms with Crippen LogP contribution in [0, 0.1) is 5.92 Å². The monoisotopic (exact) mass is 234 g/mol. The molecule has 1 saturated heterocycles. The van der Waals surface area contributed by atoms with Gasteiger partial charge < -0.3 is 9.47 Å². The Labute approximate surface area is 104 Å². The molecule has 1 aliphatic rings. The Morgan fingerprint density at radius 2 is 1.94 bits per heavy atom. The van der Waals surface area contributed by atoms with Crippen LogP contribution in [0.4, 0.5) is 0 Å². The van der Waals surface area contributed by atoms with Gasteiger partial charge in [0, 0.05) is 12.5 Å². The SMILES string of the molecule is CC(C)(C)c1ccc(OCC2CCOC2)cc1. The summed E-state index contributed by atoms with van der Waals surface area (Å²) in [5, 5.41) is 0. The van der Waals surface area contributed by atoms with Gasteiger partial charge in [-0.25, -0.2) is 0 Å². The van der Waals surface area contributed by atoms with E-state index in [0.29, 0.717) is 5.92 Å². The van der Waals surface area contributed by atoms with Crippen LogP contribution >= 0.6 is 0 Å². The Bertz CT molecular complexity index is 342. The summed E-state index contributed by atoms with van der Waals surface area (Å²) in [4.78, 5) is 0. The van der Waals surface area contributed by atoms with Gasteiger partial charge in [0.2, 0.25) is 0 Å². The molecule has 0 saturated carbocycles. The zero-order chi connectivity index (χ0) is 12.3. The molecule has 0 radical (unpaired) electrons. The third-order valence-electron chi connectivity index (χ3n) is 3.23. The van der Waals surface area contributed by atoms with Crippen molar-refractivity contribution in [3.63, 3.8) is 0 Å². The maximum atomic E-state index is 5.78. The van der Waals surface area contributed by atoms with E-state index in [2.05, 4.69) is 45.0 Å². The van der Waals surface area contributed by atoms with Crippen LogP contribution in [0.1, 0.15) is 32.8 Å². The summed E-state index contributed by atoms with van der Waals surface area (Å²) in [6, 6.07) is 8.44.